The van der Waals surface area contributed by atoms with Gasteiger partial charge in [-0.1, -0.05) is 0 Å². The maximum absolute atomic E-state index is 5.75. The van der Waals surface area contributed by atoms with E-state index >= 15 is 0 Å². The van der Waals surface area contributed by atoms with Crippen LogP contribution in [0.4, 0.5) is 0 Å². The summed E-state index contributed by atoms with van der Waals surface area (Å²) < 4.78 is 5.75. The minimum atomic E-state index is 0.466. The van der Waals surface area contributed by atoms with Crippen LogP contribution in [-0.4, -0.2) is 25.3 Å². The van der Waals surface area contributed by atoms with E-state index < -0.39 is 0 Å². The van der Waals surface area contributed by atoms with Crippen LogP contribution in [0.25, 0.3) is 0 Å². The maximum Gasteiger partial charge on any atom is 0.0556 e. The molecule has 2 heterocycles. The Morgan fingerprint density at radius 1 is 1.25 bits per heavy atom. The largest absolute Gasteiger partial charge is 0.376 e. The van der Waals surface area contributed by atoms with E-state index in [1.165, 1.54) is 32.4 Å². The number of nitrogens with one attached hydrogen (secondary N) is 1. The predicted molar refractivity (Wildman–Crippen MR) is 49.2 cm³/mol. The first kappa shape index (κ1) is 8.52. The molecule has 0 saturated carbocycles. The third-order valence-electron chi connectivity index (χ3n) is 3.24. The Morgan fingerprint density at radius 2 is 1.92 bits per heavy atom. The van der Waals surface area contributed by atoms with Crippen LogP contribution < -0.4 is 5.32 Å². The first-order chi connectivity index (χ1) is 5.70. The van der Waals surface area contributed by atoms with Crippen molar-refractivity contribution >= 4 is 0 Å². The highest BCUT2D eigenvalue weighted by Gasteiger charge is 2.40. The Morgan fingerprint density at radius 3 is 2.42 bits per heavy atom. The van der Waals surface area contributed by atoms with Crippen molar-refractivity contribution in [3.8, 4) is 0 Å². The average molecular weight is 169 g/mol. The molecule has 0 aromatic rings. The monoisotopic (exact) mass is 169 g/mol. The Kier molecular flexibility index (Phi) is 2.13. The van der Waals surface area contributed by atoms with Crippen molar-refractivity contribution < 1.29 is 4.74 Å². The minimum Gasteiger partial charge on any atom is -0.376 e. The minimum absolute atomic E-state index is 0.466. The van der Waals surface area contributed by atoms with Crippen LogP contribution in [0, 0.1) is 5.41 Å². The summed E-state index contributed by atoms with van der Waals surface area (Å²) in [6.07, 6.45) is 4.79. The van der Waals surface area contributed by atoms with Crippen LogP contribution in [0.2, 0.25) is 0 Å². The summed E-state index contributed by atoms with van der Waals surface area (Å²) in [7, 11) is 0. The highest BCUT2D eigenvalue weighted by Crippen LogP contribution is 2.40. The summed E-state index contributed by atoms with van der Waals surface area (Å²) in [5.41, 5.74) is 0.580. The molecule has 0 radical (unpaired) electrons. The van der Waals surface area contributed by atoms with E-state index in [0.29, 0.717) is 17.6 Å². The molecule has 2 aliphatic rings. The van der Waals surface area contributed by atoms with Gasteiger partial charge in [0, 0.05) is 6.54 Å². The summed E-state index contributed by atoms with van der Waals surface area (Å²) in [4.78, 5) is 0. The predicted octanol–water partition coefficient (Wildman–Crippen LogP) is 1.55. The topological polar surface area (TPSA) is 21.3 Å². The lowest BCUT2D eigenvalue weighted by molar-refractivity contribution is -0.0810. The average Bonchev–Trinajstić information content (AvgIpc) is 2.33. The van der Waals surface area contributed by atoms with Crippen LogP contribution in [-0.2, 0) is 4.74 Å². The van der Waals surface area contributed by atoms with E-state index in [2.05, 4.69) is 19.2 Å². The third kappa shape index (κ3) is 1.50. The normalized spacial score (nSPS) is 48.5. The van der Waals surface area contributed by atoms with Gasteiger partial charge in [-0.05, 0) is 45.1 Å². The van der Waals surface area contributed by atoms with Gasteiger partial charge in [-0.25, -0.2) is 0 Å². The van der Waals surface area contributed by atoms with Gasteiger partial charge in [0.25, 0.3) is 0 Å². The molecule has 0 bridgehead atoms. The lowest BCUT2D eigenvalue weighted by Gasteiger charge is -2.39. The molecule has 0 amide bonds. The molecule has 2 aliphatic heterocycles. The summed E-state index contributed by atoms with van der Waals surface area (Å²) >= 11 is 0. The van der Waals surface area contributed by atoms with Crippen LogP contribution >= 0.6 is 0 Å². The molecule has 2 fully saturated rings. The van der Waals surface area contributed by atoms with Gasteiger partial charge in [-0.15, -0.1) is 0 Å². The van der Waals surface area contributed by atoms with Crippen molar-refractivity contribution in [2.75, 3.05) is 13.1 Å². The van der Waals surface area contributed by atoms with E-state index in [1.807, 2.05) is 0 Å². The quantitative estimate of drug-likeness (QED) is 0.594. The van der Waals surface area contributed by atoms with Crippen molar-refractivity contribution in [3.63, 3.8) is 0 Å². The zero-order chi connectivity index (χ0) is 8.60. The second kappa shape index (κ2) is 3.00. The molecule has 2 atom stereocenters. The number of ether oxygens (including phenoxy) is 1. The molecule has 1 N–H and O–H groups in total. The highest BCUT2D eigenvalue weighted by atomic mass is 16.5. The molecule has 1 spiro atoms. The van der Waals surface area contributed by atoms with E-state index in [4.69, 9.17) is 4.74 Å². The fourth-order valence-electron chi connectivity index (χ4n) is 2.94. The van der Waals surface area contributed by atoms with Gasteiger partial charge in [-0.3, -0.25) is 0 Å². The molecule has 2 unspecified atom stereocenters. The van der Waals surface area contributed by atoms with Crippen LogP contribution in [0.5, 0.6) is 0 Å². The zero-order valence-corrected chi connectivity index (χ0v) is 8.10. The molecular formula is C10H19NO. The van der Waals surface area contributed by atoms with Crippen molar-refractivity contribution in [3.05, 3.63) is 0 Å². The van der Waals surface area contributed by atoms with E-state index in [1.54, 1.807) is 0 Å². The summed E-state index contributed by atoms with van der Waals surface area (Å²) in [5, 5.41) is 3.47. The van der Waals surface area contributed by atoms with Gasteiger partial charge < -0.3 is 10.1 Å². The first-order valence-corrected chi connectivity index (χ1v) is 5.06. The van der Waals surface area contributed by atoms with Crippen LogP contribution in [0.15, 0.2) is 0 Å². The van der Waals surface area contributed by atoms with Gasteiger partial charge >= 0.3 is 0 Å². The second-order valence-electron chi connectivity index (χ2n) is 4.59. The standard InChI is InChI=1S/C10H19NO/c1-8-5-10(3-4-11-7-10)6-9(2)12-8/h8-9,11H,3-7H2,1-2H3. The third-order valence-corrected chi connectivity index (χ3v) is 3.24. The van der Waals surface area contributed by atoms with Crippen molar-refractivity contribution in [2.24, 2.45) is 5.41 Å². The molecular weight excluding hydrogens is 150 g/mol. The molecule has 2 heteroatoms. The Bertz CT molecular complexity index is 151. The van der Waals surface area contributed by atoms with Crippen molar-refractivity contribution in [1.82, 2.24) is 5.32 Å². The number of rotatable bonds is 0. The molecule has 2 rings (SSSR count). The molecule has 70 valence electrons. The highest BCUT2D eigenvalue weighted by molar-refractivity contribution is 4.93. The molecule has 0 aromatic carbocycles. The van der Waals surface area contributed by atoms with Gasteiger partial charge in [-0.2, -0.15) is 0 Å². The second-order valence-corrected chi connectivity index (χ2v) is 4.59. The molecule has 2 saturated heterocycles. The molecule has 12 heavy (non-hydrogen) atoms. The van der Waals surface area contributed by atoms with Gasteiger partial charge in [0.2, 0.25) is 0 Å². The Hall–Kier alpha value is -0.0800. The number of hydrogen-bond acceptors (Lipinski definition) is 2. The fraction of sp³-hybridized carbons (Fsp3) is 1.00. The van der Waals surface area contributed by atoms with E-state index in [0.717, 1.165) is 0 Å². The van der Waals surface area contributed by atoms with Crippen molar-refractivity contribution in [2.45, 2.75) is 45.3 Å². The van der Waals surface area contributed by atoms with Crippen LogP contribution in [0.1, 0.15) is 33.1 Å². The lowest BCUT2D eigenvalue weighted by atomic mass is 9.75. The number of hydrogen-bond donors (Lipinski definition) is 1. The van der Waals surface area contributed by atoms with E-state index in [9.17, 15) is 0 Å². The maximum atomic E-state index is 5.75. The van der Waals surface area contributed by atoms with Crippen LogP contribution in [0.3, 0.4) is 0 Å². The smallest absolute Gasteiger partial charge is 0.0556 e. The first-order valence-electron chi connectivity index (χ1n) is 5.06. The van der Waals surface area contributed by atoms with E-state index in [-0.39, 0.29) is 0 Å². The molecule has 0 aliphatic carbocycles. The van der Waals surface area contributed by atoms with Gasteiger partial charge in [0.1, 0.15) is 0 Å². The fourth-order valence-corrected chi connectivity index (χ4v) is 2.94. The summed E-state index contributed by atoms with van der Waals surface area (Å²) in [5.74, 6) is 0. The SMILES string of the molecule is CC1CC2(CCNC2)CC(C)O1. The zero-order valence-electron chi connectivity index (χ0n) is 8.10. The lowest BCUT2D eigenvalue weighted by Crippen LogP contribution is -2.39. The summed E-state index contributed by atoms with van der Waals surface area (Å²) in [6.45, 7) is 6.83. The Labute approximate surface area is 74.7 Å². The molecule has 2 nitrogen and oxygen atoms in total. The summed E-state index contributed by atoms with van der Waals surface area (Å²) in [6, 6.07) is 0. The molecule has 0 aromatic heterocycles. The van der Waals surface area contributed by atoms with Gasteiger partial charge in [0.15, 0.2) is 0 Å². The van der Waals surface area contributed by atoms with Crippen molar-refractivity contribution in [1.29, 1.82) is 0 Å². The van der Waals surface area contributed by atoms with Gasteiger partial charge in [0.05, 0.1) is 12.2 Å². The Balaban J connectivity index is 2.04.